The summed E-state index contributed by atoms with van der Waals surface area (Å²) in [7, 11) is 0. The highest BCUT2D eigenvalue weighted by atomic mass is 35.5. The molecule has 0 aliphatic heterocycles. The SMILES string of the molecule is Cl.Nc1ccc2oc3ccccc3c2c1. The highest BCUT2D eigenvalue weighted by Crippen LogP contribution is 2.29. The van der Waals surface area contributed by atoms with Crippen molar-refractivity contribution in [2.24, 2.45) is 0 Å². The Labute approximate surface area is 93.1 Å². The number of nitrogens with two attached hydrogens (primary N) is 1. The van der Waals surface area contributed by atoms with Gasteiger partial charge >= 0.3 is 0 Å². The van der Waals surface area contributed by atoms with Crippen molar-refractivity contribution >= 4 is 40.0 Å². The van der Waals surface area contributed by atoms with Gasteiger partial charge in [0.1, 0.15) is 11.2 Å². The molecule has 1 aromatic heterocycles. The van der Waals surface area contributed by atoms with E-state index in [-0.39, 0.29) is 12.4 Å². The molecular weight excluding hydrogens is 210 g/mol. The van der Waals surface area contributed by atoms with Crippen LogP contribution in [0.3, 0.4) is 0 Å². The van der Waals surface area contributed by atoms with Crippen LogP contribution in [-0.2, 0) is 0 Å². The Morgan fingerprint density at radius 3 is 2.47 bits per heavy atom. The molecule has 3 heteroatoms. The molecule has 0 aliphatic carbocycles. The number of hydrogen-bond acceptors (Lipinski definition) is 2. The van der Waals surface area contributed by atoms with Crippen LogP contribution in [0.4, 0.5) is 5.69 Å². The van der Waals surface area contributed by atoms with Gasteiger partial charge in [0, 0.05) is 16.5 Å². The van der Waals surface area contributed by atoms with Gasteiger partial charge in [-0.1, -0.05) is 18.2 Å². The molecular formula is C12H10ClNO. The molecule has 2 nitrogen and oxygen atoms in total. The average molecular weight is 220 g/mol. The summed E-state index contributed by atoms with van der Waals surface area (Å²) in [6, 6.07) is 13.7. The Morgan fingerprint density at radius 2 is 1.60 bits per heavy atom. The van der Waals surface area contributed by atoms with E-state index in [0.29, 0.717) is 0 Å². The second kappa shape index (κ2) is 3.48. The van der Waals surface area contributed by atoms with Crippen LogP contribution in [0.15, 0.2) is 46.9 Å². The van der Waals surface area contributed by atoms with Gasteiger partial charge < -0.3 is 10.2 Å². The standard InChI is InChI=1S/C12H9NO.ClH/c13-8-5-6-12-10(7-8)9-3-1-2-4-11(9)14-12;/h1-7H,13H2;1H. The van der Waals surface area contributed by atoms with Gasteiger partial charge in [-0.3, -0.25) is 0 Å². The number of rotatable bonds is 0. The van der Waals surface area contributed by atoms with E-state index in [2.05, 4.69) is 0 Å². The highest BCUT2D eigenvalue weighted by Gasteiger charge is 2.04. The summed E-state index contributed by atoms with van der Waals surface area (Å²) < 4.78 is 5.65. The van der Waals surface area contributed by atoms with E-state index in [1.54, 1.807) is 0 Å². The molecule has 0 amide bonds. The number of hydrogen-bond donors (Lipinski definition) is 1. The van der Waals surface area contributed by atoms with Crippen molar-refractivity contribution in [3.63, 3.8) is 0 Å². The molecule has 2 aromatic carbocycles. The van der Waals surface area contributed by atoms with Gasteiger partial charge in [-0.15, -0.1) is 12.4 Å². The molecule has 0 bridgehead atoms. The Kier molecular flexibility index (Phi) is 2.29. The third-order valence-electron chi connectivity index (χ3n) is 2.40. The van der Waals surface area contributed by atoms with Crippen LogP contribution in [0, 0.1) is 0 Å². The second-order valence-electron chi connectivity index (χ2n) is 3.35. The van der Waals surface area contributed by atoms with E-state index < -0.39 is 0 Å². The second-order valence-corrected chi connectivity index (χ2v) is 3.35. The van der Waals surface area contributed by atoms with Crippen molar-refractivity contribution in [1.29, 1.82) is 0 Å². The number of benzene rings is 2. The van der Waals surface area contributed by atoms with Crippen LogP contribution in [-0.4, -0.2) is 0 Å². The first-order chi connectivity index (χ1) is 6.84. The summed E-state index contributed by atoms with van der Waals surface area (Å²) in [5.41, 5.74) is 8.30. The maximum absolute atomic E-state index is 5.73. The zero-order valence-corrected chi connectivity index (χ0v) is 8.75. The summed E-state index contributed by atoms with van der Waals surface area (Å²) in [6.45, 7) is 0. The maximum Gasteiger partial charge on any atom is 0.135 e. The number of anilines is 1. The largest absolute Gasteiger partial charge is 0.456 e. The van der Waals surface area contributed by atoms with E-state index in [9.17, 15) is 0 Å². The van der Waals surface area contributed by atoms with Crippen LogP contribution in [0.5, 0.6) is 0 Å². The molecule has 0 atom stereocenters. The monoisotopic (exact) mass is 219 g/mol. The topological polar surface area (TPSA) is 39.2 Å². The molecule has 0 aliphatic rings. The summed E-state index contributed by atoms with van der Waals surface area (Å²) >= 11 is 0. The third-order valence-corrected chi connectivity index (χ3v) is 2.40. The number of furan rings is 1. The minimum Gasteiger partial charge on any atom is -0.456 e. The van der Waals surface area contributed by atoms with Crippen molar-refractivity contribution < 1.29 is 4.42 Å². The quantitative estimate of drug-likeness (QED) is 0.587. The van der Waals surface area contributed by atoms with Gasteiger partial charge in [0.25, 0.3) is 0 Å². The summed E-state index contributed by atoms with van der Waals surface area (Å²) in [4.78, 5) is 0. The van der Waals surface area contributed by atoms with E-state index in [1.165, 1.54) is 0 Å². The van der Waals surface area contributed by atoms with E-state index in [0.717, 1.165) is 27.6 Å². The van der Waals surface area contributed by atoms with Crippen molar-refractivity contribution in [2.45, 2.75) is 0 Å². The first-order valence-electron chi connectivity index (χ1n) is 4.51. The minimum absolute atomic E-state index is 0. The smallest absolute Gasteiger partial charge is 0.135 e. The Balaban J connectivity index is 0.000000853. The lowest BCUT2D eigenvalue weighted by Gasteiger charge is -1.91. The fourth-order valence-electron chi connectivity index (χ4n) is 1.74. The molecule has 1 heterocycles. The maximum atomic E-state index is 5.73. The third kappa shape index (κ3) is 1.43. The van der Waals surface area contributed by atoms with E-state index in [1.807, 2.05) is 42.5 Å². The summed E-state index contributed by atoms with van der Waals surface area (Å²) in [5.74, 6) is 0. The van der Waals surface area contributed by atoms with Crippen LogP contribution in [0.2, 0.25) is 0 Å². The number of halogens is 1. The van der Waals surface area contributed by atoms with Gasteiger partial charge in [0.05, 0.1) is 0 Å². The van der Waals surface area contributed by atoms with Crippen LogP contribution in [0.1, 0.15) is 0 Å². The fourth-order valence-corrected chi connectivity index (χ4v) is 1.74. The average Bonchev–Trinajstić information content (AvgIpc) is 2.56. The normalized spacial score (nSPS) is 10.4. The molecule has 0 radical (unpaired) electrons. The fraction of sp³-hybridized carbons (Fsp3) is 0. The molecule has 0 unspecified atom stereocenters. The van der Waals surface area contributed by atoms with Crippen molar-refractivity contribution in [3.8, 4) is 0 Å². The zero-order chi connectivity index (χ0) is 9.54. The van der Waals surface area contributed by atoms with Gasteiger partial charge in [-0.2, -0.15) is 0 Å². The summed E-state index contributed by atoms with van der Waals surface area (Å²) in [5, 5.41) is 2.20. The predicted octanol–water partition coefficient (Wildman–Crippen LogP) is 3.59. The summed E-state index contributed by atoms with van der Waals surface area (Å²) in [6.07, 6.45) is 0. The lowest BCUT2D eigenvalue weighted by Crippen LogP contribution is -1.81. The predicted molar refractivity (Wildman–Crippen MR) is 65.4 cm³/mol. The molecule has 76 valence electrons. The molecule has 0 saturated carbocycles. The van der Waals surface area contributed by atoms with Gasteiger partial charge in [-0.05, 0) is 24.3 Å². The van der Waals surface area contributed by atoms with Crippen molar-refractivity contribution in [1.82, 2.24) is 0 Å². The zero-order valence-electron chi connectivity index (χ0n) is 7.94. The number of nitrogen functional groups attached to an aromatic ring is 1. The first-order valence-corrected chi connectivity index (χ1v) is 4.51. The molecule has 0 saturated heterocycles. The molecule has 2 N–H and O–H groups in total. The van der Waals surface area contributed by atoms with Crippen LogP contribution in [0.25, 0.3) is 21.9 Å². The van der Waals surface area contributed by atoms with Gasteiger partial charge in [0.15, 0.2) is 0 Å². The molecule has 15 heavy (non-hydrogen) atoms. The minimum atomic E-state index is 0. The van der Waals surface area contributed by atoms with Gasteiger partial charge in [-0.25, -0.2) is 0 Å². The number of para-hydroxylation sites is 1. The highest BCUT2D eigenvalue weighted by molar-refractivity contribution is 6.05. The lowest BCUT2D eigenvalue weighted by atomic mass is 10.1. The Bertz CT molecular complexity index is 615. The molecule has 3 rings (SSSR count). The van der Waals surface area contributed by atoms with Crippen LogP contribution >= 0.6 is 12.4 Å². The molecule has 0 spiro atoms. The Hall–Kier alpha value is -1.67. The Morgan fingerprint density at radius 1 is 0.867 bits per heavy atom. The number of fused-ring (bicyclic) bond motifs is 3. The van der Waals surface area contributed by atoms with Crippen molar-refractivity contribution in [3.05, 3.63) is 42.5 Å². The molecule has 0 fully saturated rings. The van der Waals surface area contributed by atoms with E-state index in [4.69, 9.17) is 10.2 Å². The first kappa shape index (κ1) is 9.87. The van der Waals surface area contributed by atoms with Crippen LogP contribution < -0.4 is 5.73 Å². The van der Waals surface area contributed by atoms with E-state index >= 15 is 0 Å². The van der Waals surface area contributed by atoms with Crippen molar-refractivity contribution in [2.75, 3.05) is 5.73 Å². The lowest BCUT2D eigenvalue weighted by molar-refractivity contribution is 0.669. The van der Waals surface area contributed by atoms with Gasteiger partial charge in [0.2, 0.25) is 0 Å². The molecule has 3 aromatic rings.